The molecule has 3 heterocycles. The highest BCUT2D eigenvalue weighted by Crippen LogP contribution is 2.24. The fourth-order valence-corrected chi connectivity index (χ4v) is 3.34. The SMILES string of the molecule is CCCc1cc(C(=O)N2CCc3sccc3C2)n[nH]1. The van der Waals surface area contributed by atoms with Gasteiger partial charge in [0, 0.05) is 23.7 Å². The Kier molecular flexibility index (Phi) is 3.38. The van der Waals surface area contributed by atoms with Crippen molar-refractivity contribution in [2.24, 2.45) is 0 Å². The van der Waals surface area contributed by atoms with E-state index in [1.165, 1.54) is 10.4 Å². The van der Waals surface area contributed by atoms with Crippen molar-refractivity contribution >= 4 is 17.2 Å². The van der Waals surface area contributed by atoms with Crippen LogP contribution < -0.4 is 0 Å². The summed E-state index contributed by atoms with van der Waals surface area (Å²) in [4.78, 5) is 15.7. The molecule has 19 heavy (non-hydrogen) atoms. The van der Waals surface area contributed by atoms with Crippen LogP contribution in [-0.4, -0.2) is 27.5 Å². The normalized spacial score (nSPS) is 14.5. The maximum Gasteiger partial charge on any atom is 0.274 e. The van der Waals surface area contributed by atoms with Gasteiger partial charge in [0.05, 0.1) is 0 Å². The van der Waals surface area contributed by atoms with Crippen molar-refractivity contribution in [2.75, 3.05) is 6.54 Å². The van der Waals surface area contributed by atoms with Gasteiger partial charge in [0.2, 0.25) is 0 Å². The average Bonchev–Trinajstić information content (AvgIpc) is 3.05. The molecule has 0 aromatic carbocycles. The minimum Gasteiger partial charge on any atom is -0.333 e. The topological polar surface area (TPSA) is 49.0 Å². The number of aryl methyl sites for hydroxylation is 1. The number of hydrogen-bond acceptors (Lipinski definition) is 3. The fourth-order valence-electron chi connectivity index (χ4n) is 2.45. The predicted molar refractivity (Wildman–Crippen MR) is 75.3 cm³/mol. The summed E-state index contributed by atoms with van der Waals surface area (Å²) >= 11 is 1.79. The second-order valence-electron chi connectivity index (χ2n) is 4.87. The van der Waals surface area contributed by atoms with Crippen LogP contribution >= 0.6 is 11.3 Å². The molecule has 100 valence electrons. The lowest BCUT2D eigenvalue weighted by atomic mass is 10.1. The van der Waals surface area contributed by atoms with Crippen LogP contribution in [0.15, 0.2) is 17.5 Å². The first-order valence-electron chi connectivity index (χ1n) is 6.66. The molecule has 0 spiro atoms. The van der Waals surface area contributed by atoms with E-state index in [9.17, 15) is 4.79 Å². The lowest BCUT2D eigenvalue weighted by Crippen LogP contribution is -2.35. The monoisotopic (exact) mass is 275 g/mol. The quantitative estimate of drug-likeness (QED) is 0.936. The molecule has 1 amide bonds. The van der Waals surface area contributed by atoms with Crippen LogP contribution in [0, 0.1) is 0 Å². The first kappa shape index (κ1) is 12.4. The molecule has 0 unspecified atom stereocenters. The van der Waals surface area contributed by atoms with Crippen molar-refractivity contribution in [3.63, 3.8) is 0 Å². The Morgan fingerprint density at radius 3 is 3.32 bits per heavy atom. The molecule has 1 aliphatic heterocycles. The lowest BCUT2D eigenvalue weighted by Gasteiger charge is -2.26. The third kappa shape index (κ3) is 2.42. The van der Waals surface area contributed by atoms with E-state index < -0.39 is 0 Å². The Hall–Kier alpha value is -1.62. The number of nitrogens with one attached hydrogen (secondary N) is 1. The number of hydrogen-bond donors (Lipinski definition) is 1. The number of aromatic nitrogens is 2. The van der Waals surface area contributed by atoms with Crippen molar-refractivity contribution in [1.82, 2.24) is 15.1 Å². The number of thiophene rings is 1. The highest BCUT2D eigenvalue weighted by molar-refractivity contribution is 7.10. The molecular formula is C14H17N3OS. The second kappa shape index (κ2) is 5.17. The van der Waals surface area contributed by atoms with Gasteiger partial charge in [-0.15, -0.1) is 11.3 Å². The molecule has 0 fully saturated rings. The van der Waals surface area contributed by atoms with E-state index in [1.54, 1.807) is 11.3 Å². The van der Waals surface area contributed by atoms with Gasteiger partial charge in [-0.05, 0) is 35.9 Å². The number of rotatable bonds is 3. The minimum absolute atomic E-state index is 0.0375. The summed E-state index contributed by atoms with van der Waals surface area (Å²) in [5, 5.41) is 9.19. The number of fused-ring (bicyclic) bond motifs is 1. The summed E-state index contributed by atoms with van der Waals surface area (Å²) in [6.07, 6.45) is 2.96. The number of H-pyrrole nitrogens is 1. The summed E-state index contributed by atoms with van der Waals surface area (Å²) < 4.78 is 0. The molecule has 0 saturated heterocycles. The van der Waals surface area contributed by atoms with E-state index in [1.807, 2.05) is 11.0 Å². The van der Waals surface area contributed by atoms with E-state index >= 15 is 0 Å². The van der Waals surface area contributed by atoms with E-state index in [0.717, 1.165) is 31.5 Å². The van der Waals surface area contributed by atoms with Crippen LogP contribution in [-0.2, 0) is 19.4 Å². The van der Waals surface area contributed by atoms with Crippen LogP contribution in [0.5, 0.6) is 0 Å². The number of nitrogens with zero attached hydrogens (tertiary/aromatic N) is 2. The molecule has 1 N–H and O–H groups in total. The Labute approximate surface area is 116 Å². The number of carbonyl (C=O) groups is 1. The molecule has 3 rings (SSSR count). The van der Waals surface area contributed by atoms with Gasteiger partial charge in [0.1, 0.15) is 5.69 Å². The fraction of sp³-hybridized carbons (Fsp3) is 0.429. The lowest BCUT2D eigenvalue weighted by molar-refractivity contribution is 0.0730. The van der Waals surface area contributed by atoms with Gasteiger partial charge >= 0.3 is 0 Å². The largest absolute Gasteiger partial charge is 0.333 e. The van der Waals surface area contributed by atoms with Crippen LogP contribution in [0.4, 0.5) is 0 Å². The summed E-state index contributed by atoms with van der Waals surface area (Å²) in [6, 6.07) is 4.00. The van der Waals surface area contributed by atoms with Crippen molar-refractivity contribution in [1.29, 1.82) is 0 Å². The number of amides is 1. The summed E-state index contributed by atoms with van der Waals surface area (Å²) in [5.41, 5.74) is 2.87. The van der Waals surface area contributed by atoms with Crippen molar-refractivity contribution in [3.8, 4) is 0 Å². The summed E-state index contributed by atoms with van der Waals surface area (Å²) in [5.74, 6) is 0.0375. The van der Waals surface area contributed by atoms with Crippen LogP contribution in [0.25, 0.3) is 0 Å². The molecule has 1 aliphatic rings. The number of carbonyl (C=O) groups excluding carboxylic acids is 1. The molecule has 0 radical (unpaired) electrons. The highest BCUT2D eigenvalue weighted by Gasteiger charge is 2.23. The first-order chi connectivity index (χ1) is 9.28. The molecule has 4 nitrogen and oxygen atoms in total. The zero-order valence-corrected chi connectivity index (χ0v) is 11.8. The van der Waals surface area contributed by atoms with E-state index in [2.05, 4.69) is 28.6 Å². The molecule has 0 saturated carbocycles. The summed E-state index contributed by atoms with van der Waals surface area (Å²) in [7, 11) is 0. The zero-order chi connectivity index (χ0) is 13.2. The van der Waals surface area contributed by atoms with E-state index in [4.69, 9.17) is 0 Å². The Bertz CT molecular complexity index is 587. The van der Waals surface area contributed by atoms with Gasteiger partial charge in [0.15, 0.2) is 0 Å². The Morgan fingerprint density at radius 2 is 2.47 bits per heavy atom. The Balaban J connectivity index is 1.74. The van der Waals surface area contributed by atoms with Crippen LogP contribution in [0.3, 0.4) is 0 Å². The molecule has 2 aromatic rings. The van der Waals surface area contributed by atoms with Crippen LogP contribution in [0.2, 0.25) is 0 Å². The maximum atomic E-state index is 12.4. The van der Waals surface area contributed by atoms with E-state index in [0.29, 0.717) is 12.2 Å². The van der Waals surface area contributed by atoms with Crippen LogP contribution in [0.1, 0.15) is 40.0 Å². The molecule has 2 aromatic heterocycles. The maximum absolute atomic E-state index is 12.4. The molecular weight excluding hydrogens is 258 g/mol. The summed E-state index contributed by atoms with van der Waals surface area (Å²) in [6.45, 7) is 3.63. The third-order valence-electron chi connectivity index (χ3n) is 3.46. The standard InChI is InChI=1S/C14H17N3OS/c1-2-3-11-8-12(16-15-11)14(18)17-6-4-13-10(9-17)5-7-19-13/h5,7-8H,2-4,6,9H2,1H3,(H,15,16). The smallest absolute Gasteiger partial charge is 0.274 e. The zero-order valence-electron chi connectivity index (χ0n) is 11.0. The first-order valence-corrected chi connectivity index (χ1v) is 7.54. The molecule has 0 atom stereocenters. The van der Waals surface area contributed by atoms with Gasteiger partial charge in [-0.3, -0.25) is 9.89 Å². The van der Waals surface area contributed by atoms with Gasteiger partial charge in [-0.1, -0.05) is 13.3 Å². The molecule has 5 heteroatoms. The van der Waals surface area contributed by atoms with Gasteiger partial charge in [-0.25, -0.2) is 0 Å². The van der Waals surface area contributed by atoms with E-state index in [-0.39, 0.29) is 5.91 Å². The molecule has 0 bridgehead atoms. The third-order valence-corrected chi connectivity index (χ3v) is 4.49. The average molecular weight is 275 g/mol. The second-order valence-corrected chi connectivity index (χ2v) is 5.87. The predicted octanol–water partition coefficient (Wildman–Crippen LogP) is 2.62. The van der Waals surface area contributed by atoms with Crippen molar-refractivity contribution < 1.29 is 4.79 Å². The van der Waals surface area contributed by atoms with Crippen molar-refractivity contribution in [3.05, 3.63) is 39.3 Å². The highest BCUT2D eigenvalue weighted by atomic mass is 32.1. The minimum atomic E-state index is 0.0375. The van der Waals surface area contributed by atoms with Gasteiger partial charge in [0.25, 0.3) is 5.91 Å². The number of aromatic amines is 1. The van der Waals surface area contributed by atoms with Gasteiger partial charge < -0.3 is 4.90 Å². The Morgan fingerprint density at radius 1 is 1.58 bits per heavy atom. The molecule has 0 aliphatic carbocycles. The van der Waals surface area contributed by atoms with Crippen molar-refractivity contribution in [2.45, 2.75) is 32.7 Å². The van der Waals surface area contributed by atoms with Gasteiger partial charge in [-0.2, -0.15) is 5.10 Å².